The average Bonchev–Trinajstić information content (AvgIpc) is 3.21. The van der Waals surface area contributed by atoms with Crippen LogP contribution < -0.4 is 20.3 Å². The minimum Gasteiger partial charge on any atom is -0.497 e. The first-order chi connectivity index (χ1) is 15.0. The van der Waals surface area contributed by atoms with Crippen LogP contribution in [-0.2, 0) is 11.3 Å². The van der Waals surface area contributed by atoms with Gasteiger partial charge in [0.25, 0.3) is 11.5 Å². The molecule has 1 N–H and O–H groups in total. The van der Waals surface area contributed by atoms with Crippen LogP contribution in [0.15, 0.2) is 59.4 Å². The molecule has 0 aliphatic heterocycles. The second-order valence-electron chi connectivity index (χ2n) is 6.44. The predicted octanol–water partition coefficient (Wildman–Crippen LogP) is 2.66. The molecule has 1 amide bonds. The molecule has 0 unspecified atom stereocenters. The number of hydrogen-bond donors (Lipinski definition) is 1. The Morgan fingerprint density at radius 2 is 1.97 bits per heavy atom. The maximum atomic E-state index is 13.1. The third-order valence-corrected chi connectivity index (χ3v) is 5.23. The van der Waals surface area contributed by atoms with Gasteiger partial charge in [-0.3, -0.25) is 9.59 Å². The molecule has 0 fully saturated rings. The van der Waals surface area contributed by atoms with Gasteiger partial charge in [0, 0.05) is 17.7 Å². The summed E-state index contributed by atoms with van der Waals surface area (Å²) < 4.78 is 24.8. The molecule has 0 saturated heterocycles. The molecule has 2 aromatic carbocycles. The van der Waals surface area contributed by atoms with E-state index in [1.807, 2.05) is 24.3 Å². The number of carbonyl (C=O) groups excluding carboxylic acids is 1. The highest BCUT2D eigenvalue weighted by Gasteiger charge is 2.12. The van der Waals surface area contributed by atoms with Crippen LogP contribution in [0.1, 0.15) is 5.69 Å². The van der Waals surface area contributed by atoms with Crippen molar-refractivity contribution < 1.29 is 18.7 Å². The second-order valence-corrected chi connectivity index (χ2v) is 7.39. The molecule has 10 heteroatoms. The van der Waals surface area contributed by atoms with Crippen molar-refractivity contribution in [1.29, 1.82) is 0 Å². The van der Waals surface area contributed by atoms with Gasteiger partial charge in [-0.05, 0) is 36.4 Å². The van der Waals surface area contributed by atoms with Crippen LogP contribution in [0.3, 0.4) is 0 Å². The van der Waals surface area contributed by atoms with Crippen molar-refractivity contribution in [2.75, 3.05) is 13.7 Å². The Hall–Kier alpha value is -3.79. The number of rotatable bonds is 7. The molecule has 8 nitrogen and oxygen atoms in total. The van der Waals surface area contributed by atoms with Gasteiger partial charge in [0.1, 0.15) is 22.3 Å². The van der Waals surface area contributed by atoms with Crippen molar-refractivity contribution in [3.05, 3.63) is 76.5 Å². The monoisotopic (exact) mass is 440 g/mol. The van der Waals surface area contributed by atoms with E-state index >= 15 is 0 Å². The molecule has 0 aliphatic rings. The molecule has 4 aromatic rings. The molecule has 0 spiro atoms. The minimum atomic E-state index is -0.450. The van der Waals surface area contributed by atoms with Crippen LogP contribution in [0.5, 0.6) is 11.5 Å². The van der Waals surface area contributed by atoms with Crippen molar-refractivity contribution in [3.63, 3.8) is 0 Å². The zero-order chi connectivity index (χ0) is 21.8. The molecule has 0 aliphatic carbocycles. The molecule has 2 aromatic heterocycles. The van der Waals surface area contributed by atoms with E-state index in [0.717, 1.165) is 11.3 Å². The number of ether oxygens (including phenoxy) is 2. The lowest BCUT2D eigenvalue weighted by Crippen LogP contribution is -2.29. The van der Waals surface area contributed by atoms with Gasteiger partial charge >= 0.3 is 0 Å². The number of methoxy groups -OCH3 is 1. The number of hydrogen-bond acceptors (Lipinski definition) is 7. The lowest BCUT2D eigenvalue weighted by Gasteiger charge is -2.07. The van der Waals surface area contributed by atoms with Gasteiger partial charge in [0.2, 0.25) is 4.96 Å². The van der Waals surface area contributed by atoms with Crippen LogP contribution in [-0.4, -0.2) is 34.2 Å². The molecule has 0 saturated carbocycles. The maximum absolute atomic E-state index is 13.1. The van der Waals surface area contributed by atoms with Crippen LogP contribution in [0, 0.1) is 5.82 Å². The summed E-state index contributed by atoms with van der Waals surface area (Å²) in [5.74, 6) is 0.104. The number of benzene rings is 2. The average molecular weight is 440 g/mol. The normalized spacial score (nSPS) is 10.8. The second kappa shape index (κ2) is 8.92. The van der Waals surface area contributed by atoms with Crippen LogP contribution in [0.25, 0.3) is 15.5 Å². The fraction of sp³-hybridized carbons (Fsp3) is 0.143. The first kappa shape index (κ1) is 20.5. The van der Waals surface area contributed by atoms with Crippen molar-refractivity contribution in [2.45, 2.75) is 6.54 Å². The number of fused-ring (bicyclic) bond motifs is 1. The predicted molar refractivity (Wildman–Crippen MR) is 113 cm³/mol. The van der Waals surface area contributed by atoms with E-state index in [-0.39, 0.29) is 24.5 Å². The third kappa shape index (κ3) is 4.86. The van der Waals surface area contributed by atoms with Crippen molar-refractivity contribution >= 4 is 22.2 Å². The summed E-state index contributed by atoms with van der Waals surface area (Å²) in [5, 5.41) is 7.59. The molecular formula is C21H17FN4O4S. The van der Waals surface area contributed by atoms with E-state index in [1.165, 1.54) is 40.1 Å². The Kier molecular flexibility index (Phi) is 5.89. The van der Waals surface area contributed by atoms with Gasteiger partial charge in [-0.15, -0.1) is 0 Å². The van der Waals surface area contributed by atoms with Gasteiger partial charge in [0.15, 0.2) is 6.61 Å². The van der Waals surface area contributed by atoms with E-state index < -0.39 is 11.7 Å². The number of amides is 1. The molecule has 0 atom stereocenters. The Bertz CT molecular complexity index is 1290. The molecule has 0 radical (unpaired) electrons. The zero-order valence-corrected chi connectivity index (χ0v) is 17.2. The first-order valence-corrected chi connectivity index (χ1v) is 10.0. The first-order valence-electron chi connectivity index (χ1n) is 9.21. The lowest BCUT2D eigenvalue weighted by atomic mass is 10.2. The van der Waals surface area contributed by atoms with E-state index in [2.05, 4.69) is 15.4 Å². The van der Waals surface area contributed by atoms with Gasteiger partial charge in [-0.25, -0.2) is 9.37 Å². The summed E-state index contributed by atoms with van der Waals surface area (Å²) in [7, 11) is 1.59. The van der Waals surface area contributed by atoms with E-state index in [4.69, 9.17) is 9.47 Å². The van der Waals surface area contributed by atoms with Crippen molar-refractivity contribution in [1.82, 2.24) is 19.9 Å². The topological polar surface area (TPSA) is 94.8 Å². The molecular weight excluding hydrogens is 423 g/mol. The van der Waals surface area contributed by atoms with Gasteiger partial charge in [-0.2, -0.15) is 9.61 Å². The zero-order valence-electron chi connectivity index (χ0n) is 16.4. The summed E-state index contributed by atoms with van der Waals surface area (Å²) >= 11 is 1.26. The molecule has 158 valence electrons. The van der Waals surface area contributed by atoms with E-state index in [1.54, 1.807) is 13.2 Å². The summed E-state index contributed by atoms with van der Waals surface area (Å²) in [6.07, 6.45) is 0. The Balaban J connectivity index is 1.43. The number of halogens is 1. The quantitative estimate of drug-likeness (QED) is 0.475. The fourth-order valence-corrected chi connectivity index (χ4v) is 3.67. The maximum Gasteiger partial charge on any atom is 0.275 e. The SMILES string of the molecule is COc1ccc(-c2nn3c(=O)cc(CNC(=O)COc4cccc(F)c4)nc3s2)cc1. The third-order valence-electron chi connectivity index (χ3n) is 4.27. The Morgan fingerprint density at radius 1 is 1.16 bits per heavy atom. The largest absolute Gasteiger partial charge is 0.497 e. The summed E-state index contributed by atoms with van der Waals surface area (Å²) in [6, 6.07) is 14.2. The Morgan fingerprint density at radius 3 is 2.71 bits per heavy atom. The number of carbonyl (C=O) groups is 1. The van der Waals surface area contributed by atoms with Gasteiger partial charge in [0.05, 0.1) is 19.3 Å². The standard InChI is InChI=1S/C21H17FN4O4S/c1-29-16-7-5-13(6-8-16)20-25-26-19(28)10-15(24-21(26)31-20)11-23-18(27)12-30-17-4-2-3-14(22)9-17/h2-10H,11-12H2,1H3,(H,23,27). The molecule has 31 heavy (non-hydrogen) atoms. The van der Waals surface area contributed by atoms with E-state index in [9.17, 15) is 14.0 Å². The van der Waals surface area contributed by atoms with Crippen molar-refractivity contribution in [3.8, 4) is 22.1 Å². The highest BCUT2D eigenvalue weighted by molar-refractivity contribution is 7.19. The summed E-state index contributed by atoms with van der Waals surface area (Å²) in [4.78, 5) is 29.2. The summed E-state index contributed by atoms with van der Waals surface area (Å²) in [6.45, 7) is -0.236. The van der Waals surface area contributed by atoms with Crippen LogP contribution >= 0.6 is 11.3 Å². The molecule has 2 heterocycles. The van der Waals surface area contributed by atoms with Crippen molar-refractivity contribution in [2.24, 2.45) is 0 Å². The van der Waals surface area contributed by atoms with Gasteiger partial charge < -0.3 is 14.8 Å². The smallest absolute Gasteiger partial charge is 0.275 e. The Labute approximate surface area is 179 Å². The molecule has 0 bridgehead atoms. The van der Waals surface area contributed by atoms with E-state index in [0.29, 0.717) is 15.7 Å². The minimum absolute atomic E-state index is 0.0485. The summed E-state index contributed by atoms with van der Waals surface area (Å²) in [5.41, 5.74) is 0.885. The van der Waals surface area contributed by atoms with Gasteiger partial charge in [-0.1, -0.05) is 17.4 Å². The van der Waals surface area contributed by atoms with Crippen LogP contribution in [0.2, 0.25) is 0 Å². The number of nitrogens with zero attached hydrogens (tertiary/aromatic N) is 3. The van der Waals surface area contributed by atoms with Crippen LogP contribution in [0.4, 0.5) is 4.39 Å². The highest BCUT2D eigenvalue weighted by Crippen LogP contribution is 2.26. The highest BCUT2D eigenvalue weighted by atomic mass is 32.1. The number of nitrogens with one attached hydrogen (secondary N) is 1. The fourth-order valence-electron chi connectivity index (χ4n) is 2.74. The molecule has 4 rings (SSSR count). The lowest BCUT2D eigenvalue weighted by molar-refractivity contribution is -0.123. The number of aromatic nitrogens is 3.